The molecule has 4 atom stereocenters. The Morgan fingerprint density at radius 2 is 1.88 bits per heavy atom. The highest BCUT2D eigenvalue weighted by Gasteiger charge is 2.48. The molecule has 1 amide bonds. The van der Waals surface area contributed by atoms with Crippen LogP contribution in [0.4, 0.5) is 0 Å². The second-order valence-corrected chi connectivity index (χ2v) is 10.7. The molecule has 0 saturated heterocycles. The number of nitrogens with zero attached hydrogens (tertiary/aromatic N) is 1. The smallest absolute Gasteiger partial charge is 0.232 e. The molecule has 3 fully saturated rings. The van der Waals surface area contributed by atoms with Crippen LogP contribution in [0.25, 0.3) is 0 Å². The molecule has 176 valence electrons. The number of carbonyl (C=O) groups is 2. The van der Waals surface area contributed by atoms with Gasteiger partial charge < -0.3 is 4.90 Å². The van der Waals surface area contributed by atoms with Crippen molar-refractivity contribution in [2.24, 2.45) is 23.2 Å². The SMILES string of the molecule is C=C1CCCC/C1=C/C=C1\CCCC2(C)C(C/C=C/C(=O)[C@H](CC)C(=O)N(C)C)CCC12. The molecular weight excluding hydrogens is 394 g/mol. The van der Waals surface area contributed by atoms with Crippen LogP contribution in [-0.2, 0) is 9.59 Å². The third kappa shape index (κ3) is 5.35. The Hall–Kier alpha value is -1.90. The molecule has 0 aromatic carbocycles. The molecule has 0 aromatic rings. The Bertz CT molecular complexity index is 815. The Labute approximate surface area is 195 Å². The maximum absolute atomic E-state index is 12.6. The normalized spacial score (nSPS) is 31.8. The van der Waals surface area contributed by atoms with Crippen molar-refractivity contribution in [3.8, 4) is 0 Å². The zero-order valence-electron chi connectivity index (χ0n) is 20.8. The average Bonchev–Trinajstić information content (AvgIpc) is 3.10. The maximum atomic E-state index is 12.6. The van der Waals surface area contributed by atoms with Gasteiger partial charge in [0.25, 0.3) is 0 Å². The van der Waals surface area contributed by atoms with Gasteiger partial charge in [-0.3, -0.25) is 9.59 Å². The predicted molar refractivity (Wildman–Crippen MR) is 133 cm³/mol. The first kappa shape index (κ1) is 24.7. The summed E-state index contributed by atoms with van der Waals surface area (Å²) in [4.78, 5) is 26.4. The largest absolute Gasteiger partial charge is 0.348 e. The molecule has 3 saturated carbocycles. The molecule has 0 radical (unpaired) electrons. The third-order valence-corrected chi connectivity index (χ3v) is 8.48. The van der Waals surface area contributed by atoms with Crippen molar-refractivity contribution in [1.29, 1.82) is 0 Å². The number of allylic oxidation sites excluding steroid dienone is 7. The molecule has 0 aliphatic heterocycles. The van der Waals surface area contributed by atoms with Gasteiger partial charge in [-0.15, -0.1) is 0 Å². The lowest BCUT2D eigenvalue weighted by Crippen LogP contribution is -2.34. The summed E-state index contributed by atoms with van der Waals surface area (Å²) in [6.45, 7) is 8.67. The second-order valence-electron chi connectivity index (χ2n) is 10.7. The van der Waals surface area contributed by atoms with Crippen LogP contribution in [0.5, 0.6) is 0 Å². The average molecular weight is 438 g/mol. The lowest BCUT2D eigenvalue weighted by molar-refractivity contribution is -0.137. The lowest BCUT2D eigenvalue weighted by Gasteiger charge is -2.42. The van der Waals surface area contributed by atoms with E-state index in [9.17, 15) is 9.59 Å². The second kappa shape index (κ2) is 10.8. The molecule has 32 heavy (non-hydrogen) atoms. The zero-order chi connectivity index (χ0) is 23.3. The monoisotopic (exact) mass is 437 g/mol. The van der Waals surface area contributed by atoms with Gasteiger partial charge in [-0.25, -0.2) is 0 Å². The summed E-state index contributed by atoms with van der Waals surface area (Å²) < 4.78 is 0. The van der Waals surface area contributed by atoms with Crippen LogP contribution in [0.15, 0.2) is 47.6 Å². The predicted octanol–water partition coefficient (Wildman–Crippen LogP) is 6.82. The first-order valence-corrected chi connectivity index (χ1v) is 12.8. The van der Waals surface area contributed by atoms with Crippen molar-refractivity contribution in [1.82, 2.24) is 4.90 Å². The van der Waals surface area contributed by atoms with Crippen LogP contribution in [0.1, 0.15) is 84.5 Å². The minimum absolute atomic E-state index is 0.0468. The number of hydrogen-bond donors (Lipinski definition) is 0. The summed E-state index contributed by atoms with van der Waals surface area (Å²) in [5.74, 6) is 0.598. The van der Waals surface area contributed by atoms with E-state index in [1.807, 2.05) is 6.92 Å². The third-order valence-electron chi connectivity index (χ3n) is 8.48. The quantitative estimate of drug-likeness (QED) is 0.324. The Morgan fingerprint density at radius 1 is 1.12 bits per heavy atom. The number of fused-ring (bicyclic) bond motifs is 1. The lowest BCUT2D eigenvalue weighted by atomic mass is 9.63. The summed E-state index contributed by atoms with van der Waals surface area (Å²) in [5, 5.41) is 0. The van der Waals surface area contributed by atoms with Gasteiger partial charge in [0.2, 0.25) is 5.91 Å². The highest BCUT2D eigenvalue weighted by molar-refractivity contribution is 6.06. The van der Waals surface area contributed by atoms with E-state index in [1.165, 1.54) is 67.4 Å². The minimum atomic E-state index is -0.542. The number of hydrogen-bond acceptors (Lipinski definition) is 2. The molecule has 3 heteroatoms. The summed E-state index contributed by atoms with van der Waals surface area (Å²) in [6.07, 6.45) is 21.2. The van der Waals surface area contributed by atoms with E-state index in [0.717, 1.165) is 12.8 Å². The molecule has 3 nitrogen and oxygen atoms in total. The van der Waals surface area contributed by atoms with Gasteiger partial charge in [0.05, 0.1) is 0 Å². The van der Waals surface area contributed by atoms with Gasteiger partial charge in [0.15, 0.2) is 5.78 Å². The molecule has 3 unspecified atom stereocenters. The van der Waals surface area contributed by atoms with Crippen molar-refractivity contribution < 1.29 is 9.59 Å². The zero-order valence-corrected chi connectivity index (χ0v) is 20.8. The van der Waals surface area contributed by atoms with Crippen LogP contribution in [0.2, 0.25) is 0 Å². The number of amides is 1. The Kier molecular flexibility index (Phi) is 8.36. The standard InChI is InChI=1S/C29H43NO2/c1-6-25(28(32)30(4)5)27(31)15-9-14-24-18-19-26-23(13-10-20-29(24,26)3)17-16-22-12-8-7-11-21(22)2/h9,15-17,24-26H,2,6-8,10-14,18-20H2,1,3-5H3/b15-9+,22-16-,23-17+/t24?,25-,26?,29?/m0/s1. The molecule has 3 aliphatic rings. The van der Waals surface area contributed by atoms with E-state index in [1.54, 1.807) is 25.7 Å². The van der Waals surface area contributed by atoms with E-state index in [-0.39, 0.29) is 11.7 Å². The van der Waals surface area contributed by atoms with E-state index >= 15 is 0 Å². The molecule has 3 aliphatic carbocycles. The number of ketones is 1. The summed E-state index contributed by atoms with van der Waals surface area (Å²) in [5.41, 5.74) is 4.76. The van der Waals surface area contributed by atoms with Gasteiger partial charge in [-0.1, -0.05) is 49.8 Å². The highest BCUT2D eigenvalue weighted by Crippen LogP contribution is 2.58. The van der Waals surface area contributed by atoms with Gasteiger partial charge in [0, 0.05) is 14.1 Å². The molecule has 0 heterocycles. The van der Waals surface area contributed by atoms with Crippen molar-refractivity contribution in [2.45, 2.75) is 84.5 Å². The van der Waals surface area contributed by atoms with Crippen LogP contribution >= 0.6 is 0 Å². The molecule has 0 spiro atoms. The maximum Gasteiger partial charge on any atom is 0.232 e. The first-order chi connectivity index (χ1) is 15.3. The van der Waals surface area contributed by atoms with Crippen LogP contribution < -0.4 is 0 Å². The molecule has 0 aromatic heterocycles. The van der Waals surface area contributed by atoms with E-state index in [0.29, 0.717) is 23.7 Å². The van der Waals surface area contributed by atoms with Crippen LogP contribution in [-0.4, -0.2) is 30.7 Å². The Balaban J connectivity index is 1.66. The fraction of sp³-hybridized carbons (Fsp3) is 0.655. The highest BCUT2D eigenvalue weighted by atomic mass is 16.2. The van der Waals surface area contributed by atoms with E-state index in [4.69, 9.17) is 0 Å². The fourth-order valence-electron chi connectivity index (χ4n) is 6.41. The van der Waals surface area contributed by atoms with E-state index in [2.05, 4.69) is 31.7 Å². The number of rotatable bonds is 7. The van der Waals surface area contributed by atoms with Gasteiger partial charge in [-0.05, 0) is 99.5 Å². The van der Waals surface area contributed by atoms with Gasteiger partial charge in [0.1, 0.15) is 5.92 Å². The van der Waals surface area contributed by atoms with Gasteiger partial charge >= 0.3 is 0 Å². The molecule has 3 rings (SSSR count). The first-order valence-electron chi connectivity index (χ1n) is 12.8. The van der Waals surface area contributed by atoms with E-state index < -0.39 is 5.92 Å². The molecule has 0 bridgehead atoms. The van der Waals surface area contributed by atoms with Gasteiger partial charge in [-0.2, -0.15) is 0 Å². The van der Waals surface area contributed by atoms with Crippen molar-refractivity contribution >= 4 is 11.7 Å². The van der Waals surface area contributed by atoms with Crippen molar-refractivity contribution in [2.75, 3.05) is 14.1 Å². The van der Waals surface area contributed by atoms with Crippen molar-refractivity contribution in [3.05, 3.63) is 47.6 Å². The fourth-order valence-corrected chi connectivity index (χ4v) is 6.41. The molecular formula is C29H43NO2. The molecule has 0 N–H and O–H groups in total. The minimum Gasteiger partial charge on any atom is -0.348 e. The number of carbonyl (C=O) groups excluding carboxylic acids is 2. The summed E-state index contributed by atoms with van der Waals surface area (Å²) >= 11 is 0. The topological polar surface area (TPSA) is 37.4 Å². The van der Waals surface area contributed by atoms with Crippen LogP contribution in [0.3, 0.4) is 0 Å². The summed E-state index contributed by atoms with van der Waals surface area (Å²) in [6, 6.07) is 0. The summed E-state index contributed by atoms with van der Waals surface area (Å²) in [7, 11) is 3.44. The van der Waals surface area contributed by atoms with Crippen molar-refractivity contribution in [3.63, 3.8) is 0 Å². The Morgan fingerprint density at radius 3 is 2.56 bits per heavy atom. The van der Waals surface area contributed by atoms with Crippen LogP contribution in [0, 0.1) is 23.2 Å².